The molecule has 0 amide bonds. The highest BCUT2D eigenvalue weighted by atomic mass is 35.5. The van der Waals surface area contributed by atoms with Crippen LogP contribution in [0.4, 0.5) is 0 Å². The smallest absolute Gasteiger partial charge is 0.309 e. The van der Waals surface area contributed by atoms with Gasteiger partial charge in [-0.2, -0.15) is 0 Å². The summed E-state index contributed by atoms with van der Waals surface area (Å²) in [7, 11) is 1.36. The maximum absolute atomic E-state index is 11.5. The number of aryl methyl sites for hydroxylation is 1. The molecular formula is C17H16Cl2O3. The van der Waals surface area contributed by atoms with Crippen LogP contribution >= 0.6 is 23.2 Å². The first-order chi connectivity index (χ1) is 10.5. The highest BCUT2D eigenvalue weighted by molar-refractivity contribution is 6.32. The van der Waals surface area contributed by atoms with Gasteiger partial charge in [0.1, 0.15) is 12.4 Å². The first-order valence-corrected chi connectivity index (χ1v) is 7.49. The highest BCUT2D eigenvalue weighted by Crippen LogP contribution is 2.28. The largest absolute Gasteiger partial charge is 0.487 e. The van der Waals surface area contributed by atoms with Crippen LogP contribution in [0.25, 0.3) is 0 Å². The Labute approximate surface area is 139 Å². The molecule has 0 aliphatic carbocycles. The van der Waals surface area contributed by atoms with E-state index < -0.39 is 0 Å². The number of halogens is 2. The van der Waals surface area contributed by atoms with E-state index in [4.69, 9.17) is 32.7 Å². The molecule has 2 aromatic rings. The molecule has 3 nitrogen and oxygen atoms in total. The predicted octanol–water partition coefficient (Wildman–Crippen LogP) is 4.60. The van der Waals surface area contributed by atoms with Gasteiger partial charge >= 0.3 is 5.97 Å². The van der Waals surface area contributed by atoms with Crippen LogP contribution in [0.2, 0.25) is 10.0 Å². The number of rotatable bonds is 5. The molecular weight excluding hydrogens is 323 g/mol. The van der Waals surface area contributed by atoms with Gasteiger partial charge in [0.25, 0.3) is 0 Å². The Balaban J connectivity index is 2.19. The van der Waals surface area contributed by atoms with Crippen LogP contribution in [0.3, 0.4) is 0 Å². The fraction of sp³-hybridized carbons (Fsp3) is 0.235. The molecule has 0 fully saturated rings. The summed E-state index contributed by atoms with van der Waals surface area (Å²) in [6.07, 6.45) is 0.150. The van der Waals surface area contributed by atoms with Gasteiger partial charge in [-0.1, -0.05) is 41.4 Å². The molecule has 0 spiro atoms. The van der Waals surface area contributed by atoms with Crippen molar-refractivity contribution >= 4 is 29.2 Å². The molecule has 0 unspecified atom stereocenters. The summed E-state index contributed by atoms with van der Waals surface area (Å²) < 4.78 is 10.4. The Morgan fingerprint density at radius 1 is 1.14 bits per heavy atom. The van der Waals surface area contributed by atoms with Crippen LogP contribution in [0.15, 0.2) is 36.4 Å². The van der Waals surface area contributed by atoms with E-state index in [-0.39, 0.29) is 19.0 Å². The monoisotopic (exact) mass is 338 g/mol. The fourth-order valence-electron chi connectivity index (χ4n) is 2.03. The van der Waals surface area contributed by atoms with Crippen molar-refractivity contribution in [3.8, 4) is 5.75 Å². The topological polar surface area (TPSA) is 35.5 Å². The van der Waals surface area contributed by atoms with Crippen LogP contribution in [-0.4, -0.2) is 13.1 Å². The fourth-order valence-corrected chi connectivity index (χ4v) is 2.57. The average molecular weight is 339 g/mol. The summed E-state index contributed by atoms with van der Waals surface area (Å²) in [4.78, 5) is 11.5. The van der Waals surface area contributed by atoms with E-state index in [9.17, 15) is 4.79 Å². The summed E-state index contributed by atoms with van der Waals surface area (Å²) >= 11 is 12.4. The minimum atomic E-state index is -0.322. The van der Waals surface area contributed by atoms with E-state index >= 15 is 0 Å². The Bertz CT molecular complexity index is 684. The molecule has 22 heavy (non-hydrogen) atoms. The van der Waals surface area contributed by atoms with Crippen LogP contribution in [-0.2, 0) is 22.6 Å². The Kier molecular flexibility index (Phi) is 5.69. The van der Waals surface area contributed by atoms with Crippen molar-refractivity contribution in [2.24, 2.45) is 0 Å². The van der Waals surface area contributed by atoms with Crippen LogP contribution in [0.1, 0.15) is 16.7 Å². The molecule has 2 aromatic carbocycles. The molecule has 0 saturated heterocycles. The van der Waals surface area contributed by atoms with Gasteiger partial charge in [0.2, 0.25) is 0 Å². The first-order valence-electron chi connectivity index (χ1n) is 6.73. The quantitative estimate of drug-likeness (QED) is 0.747. The van der Waals surface area contributed by atoms with Crippen molar-refractivity contribution in [3.05, 3.63) is 63.1 Å². The zero-order chi connectivity index (χ0) is 16.1. The molecule has 0 aliphatic rings. The summed E-state index contributed by atoms with van der Waals surface area (Å²) in [6, 6.07) is 11.0. The summed E-state index contributed by atoms with van der Waals surface area (Å²) in [6.45, 7) is 2.19. The summed E-state index contributed by atoms with van der Waals surface area (Å²) in [5.74, 6) is 0.257. The number of esters is 1. The Morgan fingerprint density at radius 3 is 2.59 bits per heavy atom. The van der Waals surface area contributed by atoms with Crippen molar-refractivity contribution in [1.29, 1.82) is 0 Å². The molecule has 0 aromatic heterocycles. The van der Waals surface area contributed by atoms with Gasteiger partial charge in [-0.05, 0) is 36.2 Å². The second-order valence-electron chi connectivity index (χ2n) is 4.85. The predicted molar refractivity (Wildman–Crippen MR) is 87.7 cm³/mol. The van der Waals surface area contributed by atoms with E-state index in [1.54, 1.807) is 12.1 Å². The lowest BCUT2D eigenvalue weighted by molar-refractivity contribution is -0.139. The second kappa shape index (κ2) is 7.52. The first kappa shape index (κ1) is 16.7. The Hall–Kier alpha value is -1.71. The number of carbonyl (C=O) groups is 1. The van der Waals surface area contributed by atoms with Crippen LogP contribution in [0, 0.1) is 6.92 Å². The second-order valence-corrected chi connectivity index (χ2v) is 5.67. The number of ether oxygens (including phenoxy) is 2. The van der Waals surface area contributed by atoms with E-state index in [2.05, 4.69) is 0 Å². The maximum Gasteiger partial charge on any atom is 0.309 e. The maximum atomic E-state index is 11.5. The van der Waals surface area contributed by atoms with Crippen molar-refractivity contribution in [3.63, 3.8) is 0 Å². The minimum Gasteiger partial charge on any atom is -0.487 e. The third-order valence-electron chi connectivity index (χ3n) is 3.24. The standard InChI is InChI=1S/C17H16Cl2O3/c1-11-6-7-16(15(19)8-11)22-10-13-12(9-17(20)21-2)4-3-5-14(13)18/h3-8H,9-10H2,1-2H3. The number of carbonyl (C=O) groups excluding carboxylic acids is 1. The molecule has 0 heterocycles. The van der Waals surface area contributed by atoms with Gasteiger partial charge in [-0.15, -0.1) is 0 Å². The van der Waals surface area contributed by atoms with Crippen molar-refractivity contribution in [2.75, 3.05) is 7.11 Å². The van der Waals surface area contributed by atoms with Crippen molar-refractivity contribution in [1.82, 2.24) is 0 Å². The third-order valence-corrected chi connectivity index (χ3v) is 3.89. The molecule has 0 aliphatic heterocycles. The number of hydrogen-bond donors (Lipinski definition) is 0. The molecule has 0 bridgehead atoms. The van der Waals surface area contributed by atoms with Gasteiger partial charge in [-0.3, -0.25) is 4.79 Å². The van der Waals surface area contributed by atoms with Crippen LogP contribution in [0.5, 0.6) is 5.75 Å². The van der Waals surface area contributed by atoms with Gasteiger partial charge in [0, 0.05) is 10.6 Å². The molecule has 0 atom stereocenters. The minimum absolute atomic E-state index is 0.150. The molecule has 5 heteroatoms. The van der Waals surface area contributed by atoms with Gasteiger partial charge in [0.15, 0.2) is 0 Å². The Morgan fingerprint density at radius 2 is 1.91 bits per heavy atom. The SMILES string of the molecule is COC(=O)Cc1cccc(Cl)c1COc1ccc(C)cc1Cl. The van der Waals surface area contributed by atoms with Gasteiger partial charge in [0.05, 0.1) is 18.6 Å². The lowest BCUT2D eigenvalue weighted by atomic mass is 10.1. The van der Waals surface area contributed by atoms with Crippen molar-refractivity contribution in [2.45, 2.75) is 20.0 Å². The zero-order valence-electron chi connectivity index (χ0n) is 12.4. The average Bonchev–Trinajstić information content (AvgIpc) is 2.48. The highest BCUT2D eigenvalue weighted by Gasteiger charge is 2.12. The lowest BCUT2D eigenvalue weighted by Gasteiger charge is -2.13. The number of methoxy groups -OCH3 is 1. The van der Waals surface area contributed by atoms with Gasteiger partial charge < -0.3 is 9.47 Å². The normalized spacial score (nSPS) is 10.4. The van der Waals surface area contributed by atoms with E-state index in [0.717, 1.165) is 16.7 Å². The summed E-state index contributed by atoms with van der Waals surface area (Å²) in [5, 5.41) is 1.09. The van der Waals surface area contributed by atoms with E-state index in [1.807, 2.05) is 31.2 Å². The lowest BCUT2D eigenvalue weighted by Crippen LogP contribution is -2.09. The van der Waals surface area contributed by atoms with Crippen LogP contribution < -0.4 is 4.74 Å². The molecule has 0 radical (unpaired) electrons. The van der Waals surface area contributed by atoms with Gasteiger partial charge in [-0.25, -0.2) is 0 Å². The molecule has 0 N–H and O–H groups in total. The molecule has 0 saturated carbocycles. The molecule has 116 valence electrons. The molecule has 2 rings (SSSR count). The van der Waals surface area contributed by atoms with Crippen molar-refractivity contribution < 1.29 is 14.3 Å². The third kappa shape index (κ3) is 4.15. The summed E-state index contributed by atoms with van der Waals surface area (Å²) in [5.41, 5.74) is 2.59. The number of hydrogen-bond acceptors (Lipinski definition) is 3. The zero-order valence-corrected chi connectivity index (χ0v) is 13.9. The van der Waals surface area contributed by atoms with E-state index in [1.165, 1.54) is 7.11 Å². The van der Waals surface area contributed by atoms with E-state index in [0.29, 0.717) is 15.8 Å². The number of benzene rings is 2.